The molecule has 0 spiro atoms. The third-order valence-corrected chi connectivity index (χ3v) is 5.66. The molecule has 0 aliphatic heterocycles. The number of rotatable bonds is 4. The number of nitrogens with zero attached hydrogens (tertiary/aromatic N) is 3. The second kappa shape index (κ2) is 8.14. The normalized spacial score (nSPS) is 11.0. The van der Waals surface area contributed by atoms with E-state index in [0.29, 0.717) is 43.6 Å². The summed E-state index contributed by atoms with van der Waals surface area (Å²) in [6.45, 7) is 1.85. The molecule has 0 fully saturated rings. The summed E-state index contributed by atoms with van der Waals surface area (Å²) in [6, 6.07) is 12.3. The molecule has 2 N–H and O–H groups in total. The van der Waals surface area contributed by atoms with Crippen molar-refractivity contribution in [2.75, 3.05) is 10.6 Å². The molecule has 0 bridgehead atoms. The molecule has 0 radical (unpaired) electrons. The minimum atomic E-state index is -0.291. The van der Waals surface area contributed by atoms with Crippen LogP contribution < -0.4 is 10.6 Å². The Morgan fingerprint density at radius 2 is 1.77 bits per heavy atom. The quantitative estimate of drug-likeness (QED) is 0.378. The van der Waals surface area contributed by atoms with Crippen molar-refractivity contribution in [2.24, 2.45) is 7.05 Å². The Morgan fingerprint density at radius 3 is 2.47 bits per heavy atom. The number of benzene rings is 2. The largest absolute Gasteiger partial charge is 0.323 e. The van der Waals surface area contributed by atoms with Gasteiger partial charge in [-0.1, -0.05) is 40.9 Å². The molecule has 0 saturated heterocycles. The SMILES string of the molecule is Cc1cc(NC(=O)c2ccc3c(c2)nc(Nc2c(Cl)cccc2Cl)n3C)ncc1Cl. The van der Waals surface area contributed by atoms with Crippen LogP contribution in [0.4, 0.5) is 17.5 Å². The summed E-state index contributed by atoms with van der Waals surface area (Å²) < 4.78 is 1.86. The predicted molar refractivity (Wildman–Crippen MR) is 122 cm³/mol. The molecule has 2 heterocycles. The standard InChI is InChI=1S/C21H16Cl3N5O/c1-11-8-18(25-10-15(11)24)27-20(30)12-6-7-17-16(9-12)26-21(29(17)2)28-19-13(22)4-3-5-14(19)23/h3-10H,1-2H3,(H,26,28)(H,25,27,30). The Kier molecular flexibility index (Phi) is 5.56. The van der Waals surface area contributed by atoms with Gasteiger partial charge in [-0.25, -0.2) is 9.97 Å². The predicted octanol–water partition coefficient (Wildman–Crippen LogP) is 6.23. The van der Waals surface area contributed by atoms with Gasteiger partial charge in [0.25, 0.3) is 5.91 Å². The van der Waals surface area contributed by atoms with Crippen molar-refractivity contribution in [1.29, 1.82) is 0 Å². The van der Waals surface area contributed by atoms with Crippen LogP contribution in [0, 0.1) is 6.92 Å². The number of aromatic nitrogens is 3. The minimum absolute atomic E-state index is 0.291. The lowest BCUT2D eigenvalue weighted by Gasteiger charge is -2.09. The number of carbonyl (C=O) groups is 1. The van der Waals surface area contributed by atoms with Crippen molar-refractivity contribution in [2.45, 2.75) is 6.92 Å². The summed E-state index contributed by atoms with van der Waals surface area (Å²) in [4.78, 5) is 21.4. The molecule has 0 saturated carbocycles. The van der Waals surface area contributed by atoms with Gasteiger partial charge in [0.2, 0.25) is 5.95 Å². The Balaban J connectivity index is 1.63. The lowest BCUT2D eigenvalue weighted by Crippen LogP contribution is -2.13. The average Bonchev–Trinajstić information content (AvgIpc) is 3.02. The molecule has 30 heavy (non-hydrogen) atoms. The van der Waals surface area contributed by atoms with E-state index in [1.807, 2.05) is 24.6 Å². The van der Waals surface area contributed by atoms with Gasteiger partial charge < -0.3 is 15.2 Å². The average molecular weight is 461 g/mol. The van der Waals surface area contributed by atoms with Crippen LogP contribution in [0.25, 0.3) is 11.0 Å². The Bertz CT molecular complexity index is 1270. The van der Waals surface area contributed by atoms with Crippen molar-refractivity contribution >= 4 is 69.2 Å². The fraction of sp³-hybridized carbons (Fsp3) is 0.0952. The molecule has 1 amide bonds. The second-order valence-corrected chi connectivity index (χ2v) is 7.91. The van der Waals surface area contributed by atoms with Crippen LogP contribution in [-0.2, 0) is 7.05 Å². The van der Waals surface area contributed by atoms with E-state index in [9.17, 15) is 4.79 Å². The number of para-hydroxylation sites is 1. The molecule has 4 aromatic rings. The van der Waals surface area contributed by atoms with E-state index >= 15 is 0 Å². The maximum atomic E-state index is 12.7. The summed E-state index contributed by atoms with van der Waals surface area (Å²) in [5.74, 6) is 0.687. The lowest BCUT2D eigenvalue weighted by atomic mass is 10.2. The number of hydrogen-bond donors (Lipinski definition) is 2. The number of carbonyl (C=O) groups excluding carboxylic acids is 1. The van der Waals surface area contributed by atoms with Gasteiger partial charge in [-0.3, -0.25) is 4.79 Å². The number of halogens is 3. The van der Waals surface area contributed by atoms with Crippen molar-refractivity contribution in [3.8, 4) is 0 Å². The van der Waals surface area contributed by atoms with Crippen LogP contribution in [-0.4, -0.2) is 20.4 Å². The number of aryl methyl sites for hydroxylation is 2. The van der Waals surface area contributed by atoms with E-state index in [-0.39, 0.29) is 5.91 Å². The van der Waals surface area contributed by atoms with E-state index in [4.69, 9.17) is 34.8 Å². The van der Waals surface area contributed by atoms with Crippen molar-refractivity contribution in [1.82, 2.24) is 14.5 Å². The highest BCUT2D eigenvalue weighted by Crippen LogP contribution is 2.33. The zero-order valence-electron chi connectivity index (χ0n) is 16.0. The molecule has 2 aromatic carbocycles. The molecule has 0 unspecified atom stereocenters. The monoisotopic (exact) mass is 459 g/mol. The minimum Gasteiger partial charge on any atom is -0.323 e. The van der Waals surface area contributed by atoms with E-state index in [1.54, 1.807) is 36.4 Å². The molecular formula is C21H16Cl3N5O. The van der Waals surface area contributed by atoms with Gasteiger partial charge in [-0.15, -0.1) is 0 Å². The molecule has 2 aromatic heterocycles. The third kappa shape index (κ3) is 3.94. The number of nitrogens with one attached hydrogen (secondary N) is 2. The third-order valence-electron chi connectivity index (χ3n) is 4.63. The van der Waals surface area contributed by atoms with E-state index < -0.39 is 0 Å². The number of imidazole rings is 1. The number of pyridine rings is 1. The Labute approximate surface area is 187 Å². The van der Waals surface area contributed by atoms with Gasteiger partial charge in [0, 0.05) is 18.8 Å². The maximum Gasteiger partial charge on any atom is 0.256 e. The van der Waals surface area contributed by atoms with Gasteiger partial charge in [0.1, 0.15) is 5.82 Å². The molecule has 0 aliphatic carbocycles. The molecule has 6 nitrogen and oxygen atoms in total. The van der Waals surface area contributed by atoms with Gasteiger partial charge in [-0.2, -0.15) is 0 Å². The highest BCUT2D eigenvalue weighted by molar-refractivity contribution is 6.39. The van der Waals surface area contributed by atoms with Gasteiger partial charge >= 0.3 is 0 Å². The molecular weight excluding hydrogens is 445 g/mol. The van der Waals surface area contributed by atoms with Crippen LogP contribution in [0.5, 0.6) is 0 Å². The van der Waals surface area contributed by atoms with Crippen molar-refractivity contribution < 1.29 is 4.79 Å². The first-order valence-corrected chi connectivity index (χ1v) is 10.1. The molecule has 0 aliphatic rings. The first-order chi connectivity index (χ1) is 14.3. The highest BCUT2D eigenvalue weighted by atomic mass is 35.5. The van der Waals surface area contributed by atoms with Crippen LogP contribution in [0.1, 0.15) is 15.9 Å². The van der Waals surface area contributed by atoms with Gasteiger partial charge in [0.05, 0.1) is 31.8 Å². The second-order valence-electron chi connectivity index (χ2n) is 6.69. The highest BCUT2D eigenvalue weighted by Gasteiger charge is 2.14. The Morgan fingerprint density at radius 1 is 1.03 bits per heavy atom. The molecule has 152 valence electrons. The smallest absolute Gasteiger partial charge is 0.256 e. The fourth-order valence-corrected chi connectivity index (χ4v) is 3.57. The van der Waals surface area contributed by atoms with E-state index in [2.05, 4.69) is 20.6 Å². The topological polar surface area (TPSA) is 71.8 Å². The van der Waals surface area contributed by atoms with Crippen LogP contribution >= 0.6 is 34.8 Å². The van der Waals surface area contributed by atoms with Crippen LogP contribution in [0.15, 0.2) is 48.7 Å². The summed E-state index contributed by atoms with van der Waals surface area (Å²) in [6.07, 6.45) is 1.51. The zero-order valence-corrected chi connectivity index (χ0v) is 18.3. The number of amides is 1. The fourth-order valence-electron chi connectivity index (χ4n) is 2.98. The summed E-state index contributed by atoms with van der Waals surface area (Å²) >= 11 is 18.5. The number of fused-ring (bicyclic) bond motifs is 1. The molecule has 4 rings (SSSR count). The van der Waals surface area contributed by atoms with E-state index in [1.165, 1.54) is 6.20 Å². The molecule has 9 heteroatoms. The summed E-state index contributed by atoms with van der Waals surface area (Å²) in [7, 11) is 1.86. The van der Waals surface area contributed by atoms with Crippen LogP contribution in [0.2, 0.25) is 15.1 Å². The first kappa shape index (κ1) is 20.5. The first-order valence-electron chi connectivity index (χ1n) is 8.94. The van der Waals surface area contributed by atoms with Crippen molar-refractivity contribution in [3.05, 3.63) is 74.9 Å². The van der Waals surface area contributed by atoms with Crippen LogP contribution in [0.3, 0.4) is 0 Å². The van der Waals surface area contributed by atoms with Gasteiger partial charge in [0.15, 0.2) is 0 Å². The maximum absolute atomic E-state index is 12.7. The lowest BCUT2D eigenvalue weighted by molar-refractivity contribution is 0.102. The Hall–Kier alpha value is -2.80. The molecule has 0 atom stereocenters. The number of hydrogen-bond acceptors (Lipinski definition) is 4. The number of anilines is 3. The van der Waals surface area contributed by atoms with Crippen molar-refractivity contribution in [3.63, 3.8) is 0 Å². The zero-order chi connectivity index (χ0) is 21.4. The summed E-state index contributed by atoms with van der Waals surface area (Å²) in [5.41, 5.74) is 3.35. The summed E-state index contributed by atoms with van der Waals surface area (Å²) in [5, 5.41) is 7.45. The van der Waals surface area contributed by atoms with E-state index in [0.717, 1.165) is 11.1 Å². The van der Waals surface area contributed by atoms with Gasteiger partial charge in [-0.05, 0) is 48.9 Å².